The monoisotopic (exact) mass is 262 g/mol. The van der Waals surface area contributed by atoms with Gasteiger partial charge in [0.1, 0.15) is 0 Å². The molecule has 0 spiro atoms. The van der Waals surface area contributed by atoms with Gasteiger partial charge in [-0.25, -0.2) is 0 Å². The van der Waals surface area contributed by atoms with Crippen molar-refractivity contribution in [1.29, 1.82) is 0 Å². The van der Waals surface area contributed by atoms with E-state index in [0.29, 0.717) is 12.0 Å². The molecule has 0 amide bonds. The zero-order valence-corrected chi connectivity index (χ0v) is 12.3. The largest absolute Gasteiger partial charge is 0.307 e. The molecule has 0 bridgehead atoms. The van der Waals surface area contributed by atoms with Gasteiger partial charge in [0.25, 0.3) is 0 Å². The normalized spacial score (nSPS) is 19.8. The summed E-state index contributed by atoms with van der Waals surface area (Å²) in [5.41, 5.74) is 1.02. The molecule has 0 radical (unpaired) electrons. The molecule has 0 saturated carbocycles. The number of nitrogens with zero attached hydrogens (tertiary/aromatic N) is 3. The van der Waals surface area contributed by atoms with Crippen LogP contribution in [0.25, 0.3) is 0 Å². The van der Waals surface area contributed by atoms with Crippen molar-refractivity contribution >= 4 is 0 Å². The molecule has 0 aromatic carbocycles. The van der Waals surface area contributed by atoms with Crippen LogP contribution >= 0.6 is 0 Å². The summed E-state index contributed by atoms with van der Waals surface area (Å²) in [5, 5.41) is 3.61. The first kappa shape index (κ1) is 14.4. The fourth-order valence-electron chi connectivity index (χ4n) is 2.80. The van der Waals surface area contributed by atoms with Crippen LogP contribution < -0.4 is 5.32 Å². The van der Waals surface area contributed by atoms with Crippen LogP contribution in [0.15, 0.2) is 18.6 Å². The number of hydrogen-bond donors (Lipinski definition) is 1. The van der Waals surface area contributed by atoms with Gasteiger partial charge < -0.3 is 5.32 Å². The van der Waals surface area contributed by atoms with Crippen LogP contribution in [0.2, 0.25) is 0 Å². The van der Waals surface area contributed by atoms with Crippen LogP contribution in [0.5, 0.6) is 0 Å². The van der Waals surface area contributed by atoms with E-state index in [2.05, 4.69) is 41.0 Å². The van der Waals surface area contributed by atoms with Gasteiger partial charge in [-0.2, -0.15) is 0 Å². The summed E-state index contributed by atoms with van der Waals surface area (Å²) in [4.78, 5) is 11.1. The van der Waals surface area contributed by atoms with Crippen molar-refractivity contribution in [3.8, 4) is 0 Å². The number of aromatic nitrogens is 2. The van der Waals surface area contributed by atoms with Gasteiger partial charge >= 0.3 is 0 Å². The van der Waals surface area contributed by atoms with Gasteiger partial charge in [0.2, 0.25) is 0 Å². The minimum absolute atomic E-state index is 0.262. The summed E-state index contributed by atoms with van der Waals surface area (Å²) >= 11 is 0. The third-order valence-electron chi connectivity index (χ3n) is 4.04. The smallest absolute Gasteiger partial charge is 0.0753 e. The Hall–Kier alpha value is -1.00. The average Bonchev–Trinajstić information content (AvgIpc) is 2.93. The van der Waals surface area contributed by atoms with E-state index in [-0.39, 0.29) is 6.04 Å². The van der Waals surface area contributed by atoms with Gasteiger partial charge in [0.05, 0.1) is 5.69 Å². The molecule has 1 aliphatic rings. The first-order chi connectivity index (χ1) is 9.18. The quantitative estimate of drug-likeness (QED) is 0.853. The van der Waals surface area contributed by atoms with Gasteiger partial charge in [-0.15, -0.1) is 0 Å². The fraction of sp³-hybridized carbons (Fsp3) is 0.733. The molecule has 2 unspecified atom stereocenters. The lowest BCUT2D eigenvalue weighted by Crippen LogP contribution is -2.44. The van der Waals surface area contributed by atoms with Crippen molar-refractivity contribution in [1.82, 2.24) is 20.2 Å². The predicted octanol–water partition coefficient (Wildman–Crippen LogP) is 2.25. The maximum Gasteiger partial charge on any atom is 0.0753 e. The Labute approximate surface area is 116 Å². The predicted molar refractivity (Wildman–Crippen MR) is 77.9 cm³/mol. The molecule has 1 N–H and O–H groups in total. The molecule has 2 heterocycles. The molecule has 4 heteroatoms. The molecule has 4 nitrogen and oxygen atoms in total. The van der Waals surface area contributed by atoms with Gasteiger partial charge in [-0.3, -0.25) is 14.9 Å². The van der Waals surface area contributed by atoms with Gasteiger partial charge in [-0.1, -0.05) is 13.8 Å². The molecular formula is C15H26N4. The Morgan fingerprint density at radius 3 is 2.53 bits per heavy atom. The lowest BCUT2D eigenvalue weighted by atomic mass is 10.0. The molecule has 19 heavy (non-hydrogen) atoms. The summed E-state index contributed by atoms with van der Waals surface area (Å²) in [7, 11) is 0. The summed E-state index contributed by atoms with van der Waals surface area (Å²) in [6, 6.07) is 0.888. The topological polar surface area (TPSA) is 41.0 Å². The second-order valence-corrected chi connectivity index (χ2v) is 5.81. The van der Waals surface area contributed by atoms with E-state index >= 15 is 0 Å². The third kappa shape index (κ3) is 3.98. The lowest BCUT2D eigenvalue weighted by molar-refractivity contribution is 0.182. The van der Waals surface area contributed by atoms with Gasteiger partial charge in [0, 0.05) is 37.2 Å². The van der Waals surface area contributed by atoms with E-state index in [0.717, 1.165) is 12.2 Å². The molecule has 1 aromatic rings. The highest BCUT2D eigenvalue weighted by atomic mass is 15.2. The van der Waals surface area contributed by atoms with Crippen LogP contribution in [0.1, 0.15) is 45.3 Å². The van der Waals surface area contributed by atoms with Crippen LogP contribution in [0.4, 0.5) is 0 Å². The van der Waals surface area contributed by atoms with Crippen molar-refractivity contribution in [3.05, 3.63) is 24.3 Å². The first-order valence-electron chi connectivity index (χ1n) is 7.42. The number of nitrogens with one attached hydrogen (secondary N) is 1. The van der Waals surface area contributed by atoms with Crippen molar-refractivity contribution in [2.24, 2.45) is 5.92 Å². The Bertz CT molecular complexity index is 360. The summed E-state index contributed by atoms with van der Waals surface area (Å²) in [6.45, 7) is 10.3. The van der Waals surface area contributed by atoms with Gasteiger partial charge in [0.15, 0.2) is 0 Å². The highest BCUT2D eigenvalue weighted by Crippen LogP contribution is 2.18. The Kier molecular flexibility index (Phi) is 5.28. The molecule has 1 aromatic heterocycles. The highest BCUT2D eigenvalue weighted by Gasteiger charge is 2.24. The Balaban J connectivity index is 1.88. The summed E-state index contributed by atoms with van der Waals surface area (Å²) < 4.78 is 0. The standard InChI is InChI=1S/C15H26N4/c1-12(2)15(19-8-4-5-9-19)11-18-13(3)14-10-16-6-7-17-14/h6-7,10,12-13,15,18H,4-5,8-9,11H2,1-3H3. The van der Waals surface area contributed by atoms with E-state index in [1.54, 1.807) is 12.4 Å². The summed E-state index contributed by atoms with van der Waals surface area (Å²) in [5.74, 6) is 0.680. The molecule has 1 saturated heterocycles. The van der Waals surface area contributed by atoms with E-state index < -0.39 is 0 Å². The molecule has 0 aliphatic carbocycles. The van der Waals surface area contributed by atoms with Crippen molar-refractivity contribution < 1.29 is 0 Å². The lowest BCUT2D eigenvalue weighted by Gasteiger charge is -2.32. The van der Waals surface area contributed by atoms with E-state index in [9.17, 15) is 0 Å². The van der Waals surface area contributed by atoms with Crippen LogP contribution in [-0.2, 0) is 0 Å². The minimum atomic E-state index is 0.262. The zero-order valence-electron chi connectivity index (χ0n) is 12.3. The SMILES string of the molecule is CC(NCC(C(C)C)N1CCCC1)c1cnccn1. The van der Waals surface area contributed by atoms with Gasteiger partial charge in [-0.05, 0) is 38.8 Å². The van der Waals surface area contributed by atoms with Crippen molar-refractivity contribution in [2.45, 2.75) is 45.7 Å². The maximum atomic E-state index is 4.36. The van der Waals surface area contributed by atoms with E-state index in [1.165, 1.54) is 25.9 Å². The maximum absolute atomic E-state index is 4.36. The number of hydrogen-bond acceptors (Lipinski definition) is 4. The molecule has 1 fully saturated rings. The fourth-order valence-corrected chi connectivity index (χ4v) is 2.80. The molecule has 2 atom stereocenters. The third-order valence-corrected chi connectivity index (χ3v) is 4.04. The minimum Gasteiger partial charge on any atom is -0.307 e. The first-order valence-corrected chi connectivity index (χ1v) is 7.42. The molecule has 2 rings (SSSR count). The highest BCUT2D eigenvalue weighted by molar-refractivity contribution is 5.00. The van der Waals surface area contributed by atoms with Crippen LogP contribution in [-0.4, -0.2) is 40.5 Å². The second kappa shape index (κ2) is 6.96. The molecular weight excluding hydrogens is 236 g/mol. The summed E-state index contributed by atoms with van der Waals surface area (Å²) in [6.07, 6.45) is 8.02. The Morgan fingerprint density at radius 2 is 1.95 bits per heavy atom. The number of likely N-dealkylation sites (tertiary alicyclic amines) is 1. The van der Waals surface area contributed by atoms with Crippen molar-refractivity contribution in [3.63, 3.8) is 0 Å². The van der Waals surface area contributed by atoms with Crippen molar-refractivity contribution in [2.75, 3.05) is 19.6 Å². The van der Waals surface area contributed by atoms with Crippen LogP contribution in [0.3, 0.4) is 0 Å². The Morgan fingerprint density at radius 1 is 1.21 bits per heavy atom. The zero-order chi connectivity index (χ0) is 13.7. The van der Waals surface area contributed by atoms with Crippen LogP contribution in [0, 0.1) is 5.92 Å². The average molecular weight is 262 g/mol. The molecule has 106 valence electrons. The molecule has 1 aliphatic heterocycles. The second-order valence-electron chi connectivity index (χ2n) is 5.81. The van der Waals surface area contributed by atoms with E-state index in [1.807, 2.05) is 6.20 Å². The number of rotatable bonds is 6. The van der Waals surface area contributed by atoms with E-state index in [4.69, 9.17) is 0 Å².